The molecule has 0 spiro atoms. The summed E-state index contributed by atoms with van der Waals surface area (Å²) in [5.74, 6) is -2.91. The van der Waals surface area contributed by atoms with Crippen molar-refractivity contribution in [2.24, 2.45) is 10.2 Å². The average molecular weight is 447 g/mol. The third kappa shape index (κ3) is 5.65. The van der Waals surface area contributed by atoms with Crippen LogP contribution in [0.15, 0.2) is 46.0 Å². The van der Waals surface area contributed by atoms with Crippen molar-refractivity contribution in [2.75, 3.05) is 27.9 Å². The first-order chi connectivity index (χ1) is 15.4. The van der Waals surface area contributed by atoms with E-state index in [0.717, 1.165) is 18.9 Å². The summed E-state index contributed by atoms with van der Waals surface area (Å²) in [6.07, 6.45) is 0. The Morgan fingerprint density at radius 1 is 1.06 bits per heavy atom. The number of carbonyl (C=O) groups excluding carboxylic acids is 3. The van der Waals surface area contributed by atoms with Crippen LogP contribution in [-0.2, 0) is 25.5 Å². The van der Waals surface area contributed by atoms with Crippen LogP contribution >= 0.6 is 0 Å². The minimum Gasteiger partial charge on any atom is -0.508 e. The van der Waals surface area contributed by atoms with Crippen LogP contribution in [0.2, 0.25) is 0 Å². The van der Waals surface area contributed by atoms with Gasteiger partial charge < -0.3 is 24.1 Å². The molecule has 0 atom stereocenters. The van der Waals surface area contributed by atoms with Gasteiger partial charge in [-0.1, -0.05) is 5.21 Å². The maximum absolute atomic E-state index is 12.3. The Bertz CT molecular complexity index is 1040. The van der Waals surface area contributed by atoms with E-state index in [1.807, 2.05) is 0 Å². The molecule has 0 saturated heterocycles. The van der Waals surface area contributed by atoms with Crippen LogP contribution < -0.4 is 4.74 Å². The van der Waals surface area contributed by atoms with E-state index in [2.05, 4.69) is 30.0 Å². The second kappa shape index (κ2) is 11.2. The Morgan fingerprint density at radius 2 is 1.72 bits per heavy atom. The van der Waals surface area contributed by atoms with Gasteiger partial charge in [0, 0.05) is 0 Å². The van der Waals surface area contributed by atoms with Gasteiger partial charge in [0.1, 0.15) is 18.1 Å². The topological polar surface area (TPSA) is 164 Å². The van der Waals surface area contributed by atoms with E-state index in [1.54, 1.807) is 31.2 Å². The fourth-order valence-electron chi connectivity index (χ4n) is 2.35. The Balaban J connectivity index is 2.45. The van der Waals surface area contributed by atoms with Gasteiger partial charge in [-0.3, -0.25) is 0 Å². The number of aliphatic hydroxyl groups excluding tert-OH is 1. The van der Waals surface area contributed by atoms with Crippen LogP contribution in [-0.4, -0.2) is 65.9 Å². The molecule has 1 N–H and O–H groups in total. The fraction of sp³-hybridized carbons (Fsp3) is 0.316. The lowest BCUT2D eigenvalue weighted by atomic mass is 10.3. The highest BCUT2D eigenvalue weighted by atomic mass is 16.5. The number of carbonyl (C=O) groups is 3. The number of esters is 3. The van der Waals surface area contributed by atoms with Crippen LogP contribution in [0, 0.1) is 0 Å². The molecule has 0 aliphatic rings. The monoisotopic (exact) mass is 447 g/mol. The first kappa shape index (κ1) is 24.0. The van der Waals surface area contributed by atoms with Gasteiger partial charge in [0.15, 0.2) is 5.69 Å². The predicted molar refractivity (Wildman–Crippen MR) is 106 cm³/mol. The van der Waals surface area contributed by atoms with Crippen molar-refractivity contribution >= 4 is 23.6 Å². The maximum Gasteiger partial charge on any atom is 0.362 e. The lowest BCUT2D eigenvalue weighted by molar-refractivity contribution is -0.138. The first-order valence-electron chi connectivity index (χ1n) is 9.11. The van der Waals surface area contributed by atoms with E-state index < -0.39 is 41.6 Å². The van der Waals surface area contributed by atoms with Crippen molar-refractivity contribution in [1.29, 1.82) is 0 Å². The maximum atomic E-state index is 12.3. The molecule has 13 heteroatoms. The van der Waals surface area contributed by atoms with E-state index in [1.165, 1.54) is 7.11 Å². The number of ether oxygens (including phenoxy) is 4. The molecule has 0 saturated carbocycles. The molecular formula is C19H21N5O8. The summed E-state index contributed by atoms with van der Waals surface area (Å²) in [6.45, 7) is 1.02. The summed E-state index contributed by atoms with van der Waals surface area (Å²) in [5, 5.41) is 25.5. The molecule has 1 aromatic heterocycles. The molecule has 1 heterocycles. The van der Waals surface area contributed by atoms with E-state index in [4.69, 9.17) is 9.47 Å². The summed E-state index contributed by atoms with van der Waals surface area (Å²) in [7, 11) is 3.69. The molecule has 0 radical (unpaired) electrons. The van der Waals surface area contributed by atoms with Gasteiger partial charge >= 0.3 is 17.9 Å². The number of azo groups is 1. The first-order valence-corrected chi connectivity index (χ1v) is 9.11. The molecule has 0 amide bonds. The minimum atomic E-state index is -0.963. The Kier molecular flexibility index (Phi) is 8.39. The number of methoxy groups -OCH3 is 3. The number of hydrogen-bond acceptors (Lipinski definition) is 12. The van der Waals surface area contributed by atoms with Crippen molar-refractivity contribution in [3.8, 4) is 5.75 Å². The van der Waals surface area contributed by atoms with Crippen LogP contribution in [0.25, 0.3) is 0 Å². The molecule has 170 valence electrons. The van der Waals surface area contributed by atoms with Crippen LogP contribution in [0.4, 0.5) is 5.69 Å². The Hall–Kier alpha value is -4.29. The van der Waals surface area contributed by atoms with Crippen LogP contribution in [0.3, 0.4) is 0 Å². The van der Waals surface area contributed by atoms with Gasteiger partial charge in [-0.15, -0.1) is 10.2 Å². The number of hydrogen-bond donors (Lipinski definition) is 1. The van der Waals surface area contributed by atoms with Gasteiger partial charge in [0.2, 0.25) is 11.4 Å². The molecule has 0 aliphatic heterocycles. The standard InChI is InChI=1S/C19H21N5O8/c1-5-32-18(27)14(21-20-11-6-8-12(29-2)9-7-11)13(25)10-24-16(19(28)31-4)15(22-23-24)17(26)30-3/h6-9,25H,5,10H2,1-4H3/b14-13+,21-20?. The third-order valence-electron chi connectivity index (χ3n) is 3.87. The third-order valence-corrected chi connectivity index (χ3v) is 3.87. The van der Waals surface area contributed by atoms with Crippen molar-refractivity contribution in [3.05, 3.63) is 47.1 Å². The number of aromatic nitrogens is 3. The molecule has 2 aromatic rings. The highest BCUT2D eigenvalue weighted by Gasteiger charge is 2.28. The van der Waals surface area contributed by atoms with Crippen molar-refractivity contribution < 1.29 is 38.4 Å². The van der Waals surface area contributed by atoms with Crippen LogP contribution in [0.5, 0.6) is 5.75 Å². The molecule has 0 unspecified atom stereocenters. The van der Waals surface area contributed by atoms with Gasteiger partial charge in [-0.2, -0.15) is 5.11 Å². The van der Waals surface area contributed by atoms with Gasteiger partial charge in [0.25, 0.3) is 0 Å². The summed E-state index contributed by atoms with van der Waals surface area (Å²) < 4.78 is 20.0. The Morgan fingerprint density at radius 3 is 2.28 bits per heavy atom. The zero-order valence-corrected chi connectivity index (χ0v) is 17.8. The smallest absolute Gasteiger partial charge is 0.362 e. The summed E-state index contributed by atoms with van der Waals surface area (Å²) in [6, 6.07) is 6.43. The quantitative estimate of drug-likeness (QED) is 0.197. The average Bonchev–Trinajstić information content (AvgIpc) is 3.22. The molecule has 0 bridgehead atoms. The molecule has 2 rings (SSSR count). The second-order valence-corrected chi connectivity index (χ2v) is 5.84. The summed E-state index contributed by atoms with van der Waals surface area (Å²) >= 11 is 0. The number of nitrogens with zero attached hydrogens (tertiary/aromatic N) is 5. The molecule has 13 nitrogen and oxygen atoms in total. The number of rotatable bonds is 9. The van der Waals surface area contributed by atoms with Gasteiger partial charge in [-0.25, -0.2) is 19.1 Å². The number of benzene rings is 1. The molecule has 0 fully saturated rings. The van der Waals surface area contributed by atoms with E-state index in [-0.39, 0.29) is 12.3 Å². The van der Waals surface area contributed by atoms with E-state index in [0.29, 0.717) is 11.4 Å². The predicted octanol–water partition coefficient (Wildman–Crippen LogP) is 1.98. The zero-order chi connectivity index (χ0) is 23.7. The highest BCUT2D eigenvalue weighted by molar-refractivity contribution is 6.00. The number of aliphatic hydroxyl groups is 1. The summed E-state index contributed by atoms with van der Waals surface area (Å²) in [4.78, 5) is 36.3. The largest absolute Gasteiger partial charge is 0.508 e. The van der Waals surface area contributed by atoms with Crippen LogP contribution in [0.1, 0.15) is 27.9 Å². The fourth-order valence-corrected chi connectivity index (χ4v) is 2.35. The van der Waals surface area contributed by atoms with Gasteiger partial charge in [-0.05, 0) is 31.2 Å². The molecule has 1 aromatic carbocycles. The number of allylic oxidation sites excluding steroid dienone is 1. The van der Waals surface area contributed by atoms with Crippen molar-refractivity contribution in [1.82, 2.24) is 15.0 Å². The zero-order valence-electron chi connectivity index (χ0n) is 17.8. The van der Waals surface area contributed by atoms with Gasteiger partial charge in [0.05, 0.1) is 33.6 Å². The lowest BCUT2D eigenvalue weighted by Crippen LogP contribution is -2.18. The SMILES string of the molecule is CCOC(=O)/C(N=Nc1ccc(OC)cc1)=C(\O)Cn1nnc(C(=O)OC)c1C(=O)OC. The van der Waals surface area contributed by atoms with Crippen molar-refractivity contribution in [2.45, 2.75) is 13.5 Å². The summed E-state index contributed by atoms with van der Waals surface area (Å²) in [5.41, 5.74) is -0.983. The second-order valence-electron chi connectivity index (χ2n) is 5.84. The van der Waals surface area contributed by atoms with E-state index in [9.17, 15) is 19.5 Å². The Labute approximate surface area is 182 Å². The molecule has 0 aliphatic carbocycles. The highest BCUT2D eigenvalue weighted by Crippen LogP contribution is 2.20. The van der Waals surface area contributed by atoms with E-state index >= 15 is 0 Å². The minimum absolute atomic E-state index is 0.0108. The molecular weight excluding hydrogens is 426 g/mol. The lowest BCUT2D eigenvalue weighted by Gasteiger charge is -2.08. The normalized spacial score (nSPS) is 11.6. The van der Waals surface area contributed by atoms with Crippen molar-refractivity contribution in [3.63, 3.8) is 0 Å². The molecule has 32 heavy (non-hydrogen) atoms.